The van der Waals surface area contributed by atoms with Gasteiger partial charge in [0.05, 0.1) is 12.3 Å². The standard InChI is InChI=1S/C22H27N5OS/c1-17-24-25-22(27(17)15-19-7-5-4-6-8-19)29-16-21(28)23-20-11-9-18(10-12-20)13-14-26(2)3/h4-12H,13-16H2,1-3H3,(H,23,28). The van der Waals surface area contributed by atoms with Crippen molar-refractivity contribution < 1.29 is 4.79 Å². The fourth-order valence-corrected chi connectivity index (χ4v) is 3.63. The van der Waals surface area contributed by atoms with Gasteiger partial charge in [-0.05, 0) is 50.7 Å². The van der Waals surface area contributed by atoms with Crippen LogP contribution in [0.5, 0.6) is 0 Å². The molecule has 0 unspecified atom stereocenters. The lowest BCUT2D eigenvalue weighted by atomic mass is 10.1. The zero-order valence-electron chi connectivity index (χ0n) is 17.1. The van der Waals surface area contributed by atoms with Gasteiger partial charge in [0.1, 0.15) is 5.82 Å². The number of benzene rings is 2. The van der Waals surface area contributed by atoms with Gasteiger partial charge in [-0.3, -0.25) is 4.79 Å². The predicted octanol–water partition coefficient (Wildman–Crippen LogP) is 3.47. The second-order valence-electron chi connectivity index (χ2n) is 7.19. The Bertz CT molecular complexity index is 922. The minimum atomic E-state index is -0.0528. The van der Waals surface area contributed by atoms with Gasteiger partial charge >= 0.3 is 0 Å². The maximum Gasteiger partial charge on any atom is 0.234 e. The molecule has 0 bridgehead atoms. The quantitative estimate of drug-likeness (QED) is 0.548. The van der Waals surface area contributed by atoms with E-state index in [1.165, 1.54) is 22.9 Å². The topological polar surface area (TPSA) is 63.1 Å². The van der Waals surface area contributed by atoms with E-state index < -0.39 is 0 Å². The second-order valence-corrected chi connectivity index (χ2v) is 8.13. The molecule has 0 saturated carbocycles. The number of hydrogen-bond donors (Lipinski definition) is 1. The van der Waals surface area contributed by atoms with E-state index >= 15 is 0 Å². The van der Waals surface area contributed by atoms with Crippen molar-refractivity contribution in [1.82, 2.24) is 19.7 Å². The van der Waals surface area contributed by atoms with Crippen LogP contribution in [0.3, 0.4) is 0 Å². The molecule has 0 aliphatic rings. The van der Waals surface area contributed by atoms with Gasteiger partial charge in [0.15, 0.2) is 5.16 Å². The average molecular weight is 410 g/mol. The van der Waals surface area contributed by atoms with E-state index in [1.807, 2.05) is 41.8 Å². The van der Waals surface area contributed by atoms with Gasteiger partial charge in [0.2, 0.25) is 5.91 Å². The van der Waals surface area contributed by atoms with E-state index in [-0.39, 0.29) is 11.7 Å². The fourth-order valence-electron chi connectivity index (χ4n) is 2.85. The van der Waals surface area contributed by atoms with Crippen molar-refractivity contribution >= 4 is 23.4 Å². The highest BCUT2D eigenvalue weighted by Crippen LogP contribution is 2.19. The van der Waals surface area contributed by atoms with Crippen LogP contribution in [-0.2, 0) is 17.8 Å². The Hall–Kier alpha value is -2.64. The van der Waals surface area contributed by atoms with E-state index in [9.17, 15) is 4.79 Å². The van der Waals surface area contributed by atoms with Crippen LogP contribution in [-0.4, -0.2) is 52.0 Å². The SMILES string of the molecule is Cc1nnc(SCC(=O)Nc2ccc(CCN(C)C)cc2)n1Cc1ccccc1. The summed E-state index contributed by atoms with van der Waals surface area (Å²) in [5, 5.41) is 12.1. The van der Waals surface area contributed by atoms with Crippen LogP contribution in [0.25, 0.3) is 0 Å². The molecule has 0 aliphatic heterocycles. The molecule has 0 fully saturated rings. The van der Waals surface area contributed by atoms with E-state index in [2.05, 4.69) is 58.8 Å². The third-order valence-corrected chi connectivity index (χ3v) is 5.47. The van der Waals surface area contributed by atoms with Gasteiger partial charge in [-0.25, -0.2) is 0 Å². The molecule has 1 aromatic heterocycles. The Kier molecular flexibility index (Phi) is 7.43. The summed E-state index contributed by atoms with van der Waals surface area (Å²) < 4.78 is 2.03. The highest BCUT2D eigenvalue weighted by atomic mass is 32.2. The smallest absolute Gasteiger partial charge is 0.234 e. The van der Waals surface area contributed by atoms with Gasteiger partial charge in [-0.2, -0.15) is 0 Å². The lowest BCUT2D eigenvalue weighted by Gasteiger charge is -2.10. The third-order valence-electron chi connectivity index (χ3n) is 4.50. The third kappa shape index (κ3) is 6.44. The summed E-state index contributed by atoms with van der Waals surface area (Å²) >= 11 is 1.40. The van der Waals surface area contributed by atoms with Crippen molar-refractivity contribution in [3.63, 3.8) is 0 Å². The summed E-state index contributed by atoms with van der Waals surface area (Å²) in [6.07, 6.45) is 0.994. The molecule has 0 saturated heterocycles. The lowest BCUT2D eigenvalue weighted by molar-refractivity contribution is -0.113. The van der Waals surface area contributed by atoms with Gasteiger partial charge in [-0.15, -0.1) is 10.2 Å². The molecule has 2 aromatic carbocycles. The summed E-state index contributed by atoms with van der Waals surface area (Å²) in [6.45, 7) is 3.63. The second kappa shape index (κ2) is 10.2. The number of anilines is 1. The molecule has 1 heterocycles. The Morgan fingerprint density at radius 3 is 2.45 bits per heavy atom. The maximum atomic E-state index is 12.4. The van der Waals surface area contributed by atoms with E-state index in [4.69, 9.17) is 0 Å². The molecular formula is C22H27N5OS. The van der Waals surface area contributed by atoms with Crippen molar-refractivity contribution in [3.05, 3.63) is 71.5 Å². The number of thioether (sulfide) groups is 1. The summed E-state index contributed by atoms with van der Waals surface area (Å²) in [5.74, 6) is 1.07. The molecule has 0 aliphatic carbocycles. The Morgan fingerprint density at radius 2 is 1.76 bits per heavy atom. The number of aryl methyl sites for hydroxylation is 1. The minimum absolute atomic E-state index is 0.0528. The number of aromatic nitrogens is 3. The minimum Gasteiger partial charge on any atom is -0.325 e. The molecule has 3 rings (SSSR count). The number of carbonyl (C=O) groups is 1. The number of carbonyl (C=O) groups excluding carboxylic acids is 1. The Morgan fingerprint density at radius 1 is 1.03 bits per heavy atom. The van der Waals surface area contributed by atoms with Crippen LogP contribution in [0.4, 0.5) is 5.69 Å². The van der Waals surface area contributed by atoms with Crippen molar-refractivity contribution in [1.29, 1.82) is 0 Å². The van der Waals surface area contributed by atoms with E-state index in [0.29, 0.717) is 6.54 Å². The molecule has 0 radical (unpaired) electrons. The normalized spacial score (nSPS) is 11.0. The molecular weight excluding hydrogens is 382 g/mol. The van der Waals surface area contributed by atoms with E-state index in [0.717, 1.165) is 29.6 Å². The molecule has 1 N–H and O–H groups in total. The van der Waals surface area contributed by atoms with Gasteiger partial charge in [-0.1, -0.05) is 54.2 Å². The Balaban J connectivity index is 1.53. The maximum absolute atomic E-state index is 12.4. The molecule has 0 spiro atoms. The van der Waals surface area contributed by atoms with Crippen LogP contribution in [0.15, 0.2) is 59.8 Å². The first-order valence-electron chi connectivity index (χ1n) is 9.61. The fraction of sp³-hybridized carbons (Fsp3) is 0.318. The highest BCUT2D eigenvalue weighted by molar-refractivity contribution is 7.99. The number of likely N-dealkylation sites (N-methyl/N-ethyl adjacent to an activating group) is 1. The highest BCUT2D eigenvalue weighted by Gasteiger charge is 2.12. The zero-order chi connectivity index (χ0) is 20.6. The summed E-state index contributed by atoms with van der Waals surface area (Å²) in [4.78, 5) is 14.5. The largest absolute Gasteiger partial charge is 0.325 e. The molecule has 152 valence electrons. The molecule has 3 aromatic rings. The van der Waals surface area contributed by atoms with Crippen LogP contribution in [0.1, 0.15) is 17.0 Å². The number of rotatable bonds is 9. The first-order chi connectivity index (χ1) is 14.0. The molecule has 0 atom stereocenters. The van der Waals surface area contributed by atoms with Gasteiger partial charge in [0, 0.05) is 12.2 Å². The number of nitrogens with zero attached hydrogens (tertiary/aromatic N) is 4. The van der Waals surface area contributed by atoms with Crippen molar-refractivity contribution in [3.8, 4) is 0 Å². The van der Waals surface area contributed by atoms with Crippen molar-refractivity contribution in [2.45, 2.75) is 25.0 Å². The summed E-state index contributed by atoms with van der Waals surface area (Å²) in [7, 11) is 4.13. The monoisotopic (exact) mass is 409 g/mol. The van der Waals surface area contributed by atoms with Gasteiger partial charge in [0.25, 0.3) is 0 Å². The molecule has 6 nitrogen and oxygen atoms in total. The van der Waals surface area contributed by atoms with Gasteiger partial charge < -0.3 is 14.8 Å². The van der Waals surface area contributed by atoms with Crippen LogP contribution < -0.4 is 5.32 Å². The predicted molar refractivity (Wildman–Crippen MR) is 118 cm³/mol. The van der Waals surface area contributed by atoms with Crippen LogP contribution in [0.2, 0.25) is 0 Å². The van der Waals surface area contributed by atoms with Crippen LogP contribution in [0, 0.1) is 6.92 Å². The Labute approximate surface area is 176 Å². The van der Waals surface area contributed by atoms with Crippen molar-refractivity contribution in [2.24, 2.45) is 0 Å². The molecule has 29 heavy (non-hydrogen) atoms. The number of hydrogen-bond acceptors (Lipinski definition) is 5. The summed E-state index contributed by atoms with van der Waals surface area (Å²) in [5.41, 5.74) is 3.25. The lowest BCUT2D eigenvalue weighted by Crippen LogP contribution is -2.16. The van der Waals surface area contributed by atoms with Crippen molar-refractivity contribution in [2.75, 3.05) is 31.7 Å². The molecule has 7 heteroatoms. The average Bonchev–Trinajstić information content (AvgIpc) is 3.06. The number of amides is 1. The van der Waals surface area contributed by atoms with Crippen LogP contribution >= 0.6 is 11.8 Å². The first kappa shape index (κ1) is 21.1. The molecule has 1 amide bonds. The van der Waals surface area contributed by atoms with E-state index in [1.54, 1.807) is 0 Å². The summed E-state index contributed by atoms with van der Waals surface area (Å²) in [6, 6.07) is 18.2. The number of nitrogens with one attached hydrogen (secondary N) is 1. The zero-order valence-corrected chi connectivity index (χ0v) is 17.9. The first-order valence-corrected chi connectivity index (χ1v) is 10.6.